The number of hydrogen-bond acceptors (Lipinski definition) is 3. The van der Waals surface area contributed by atoms with Crippen molar-refractivity contribution in [2.45, 2.75) is 38.7 Å². The second-order valence-corrected chi connectivity index (χ2v) is 4.23. The average molecular weight is 264 g/mol. The molecule has 0 bridgehead atoms. The number of carbonyl (C=O) groups is 1. The van der Waals surface area contributed by atoms with Crippen LogP contribution in [0.4, 0.5) is 13.2 Å². The highest BCUT2D eigenvalue weighted by Crippen LogP contribution is 2.28. The van der Waals surface area contributed by atoms with Gasteiger partial charge in [0.2, 0.25) is 5.91 Å². The molecule has 3 N–H and O–H groups in total. The molecule has 1 atom stereocenters. The smallest absolute Gasteiger partial charge is 0.368 e. The summed E-state index contributed by atoms with van der Waals surface area (Å²) in [6.45, 7) is 3.57. The van der Waals surface area contributed by atoms with Crippen LogP contribution in [0.25, 0.3) is 0 Å². The van der Waals surface area contributed by atoms with Gasteiger partial charge in [0.15, 0.2) is 0 Å². The fraction of sp³-hybridized carbons (Fsp3) is 0.600. The van der Waals surface area contributed by atoms with Crippen molar-refractivity contribution < 1.29 is 18.0 Å². The number of rotatable bonds is 5. The Labute approximate surface area is 102 Å². The molecular formula is C10H15F3N4O. The average Bonchev–Trinajstić information content (AvgIpc) is 2.63. The molecule has 1 rings (SSSR count). The maximum Gasteiger partial charge on any atom is 0.419 e. The van der Waals surface area contributed by atoms with Crippen molar-refractivity contribution in [1.82, 2.24) is 15.1 Å². The van der Waals surface area contributed by atoms with Crippen molar-refractivity contribution in [3.05, 3.63) is 18.0 Å². The van der Waals surface area contributed by atoms with Crippen molar-refractivity contribution in [1.29, 1.82) is 0 Å². The van der Waals surface area contributed by atoms with Gasteiger partial charge in [0, 0.05) is 12.2 Å². The molecule has 0 aromatic carbocycles. The molecule has 0 radical (unpaired) electrons. The van der Waals surface area contributed by atoms with E-state index in [0.29, 0.717) is 6.20 Å². The second-order valence-electron chi connectivity index (χ2n) is 4.23. The standard InChI is InChI=1S/C10H15F3N4O/c1-6(2)16-8(9(14)18)5-17-4-7(3-15-17)10(11,12)13/h3-4,6,8,16H,5H2,1-2H3,(H2,14,18). The van der Waals surface area contributed by atoms with Gasteiger partial charge in [0.05, 0.1) is 18.3 Å². The Bertz CT molecular complexity index is 414. The van der Waals surface area contributed by atoms with E-state index in [-0.39, 0.29) is 12.6 Å². The molecule has 1 aromatic rings. The minimum absolute atomic E-state index is 0.0138. The van der Waals surface area contributed by atoms with Gasteiger partial charge in [0.25, 0.3) is 0 Å². The molecule has 1 aromatic heterocycles. The first-order chi connectivity index (χ1) is 8.20. The summed E-state index contributed by atoms with van der Waals surface area (Å²) in [5.74, 6) is -0.632. The van der Waals surface area contributed by atoms with Crippen LogP contribution < -0.4 is 11.1 Å². The van der Waals surface area contributed by atoms with Crippen molar-refractivity contribution >= 4 is 5.91 Å². The van der Waals surface area contributed by atoms with Gasteiger partial charge in [-0.3, -0.25) is 9.48 Å². The van der Waals surface area contributed by atoms with E-state index < -0.39 is 23.7 Å². The summed E-state index contributed by atoms with van der Waals surface area (Å²) in [4.78, 5) is 11.1. The molecule has 5 nitrogen and oxygen atoms in total. The van der Waals surface area contributed by atoms with Gasteiger partial charge in [0.1, 0.15) is 6.04 Å². The summed E-state index contributed by atoms with van der Waals surface area (Å²) >= 11 is 0. The molecule has 18 heavy (non-hydrogen) atoms. The molecule has 1 amide bonds. The van der Waals surface area contributed by atoms with Gasteiger partial charge in [-0.1, -0.05) is 13.8 Å². The third-order valence-corrected chi connectivity index (χ3v) is 2.21. The summed E-state index contributed by atoms with van der Waals surface area (Å²) in [5.41, 5.74) is 4.31. The largest absolute Gasteiger partial charge is 0.419 e. The number of amides is 1. The van der Waals surface area contributed by atoms with Crippen LogP contribution in [-0.4, -0.2) is 27.8 Å². The molecule has 0 saturated heterocycles. The monoisotopic (exact) mass is 264 g/mol. The number of halogens is 3. The lowest BCUT2D eigenvalue weighted by Gasteiger charge is -2.18. The summed E-state index contributed by atoms with van der Waals surface area (Å²) in [7, 11) is 0. The van der Waals surface area contributed by atoms with E-state index in [9.17, 15) is 18.0 Å². The number of nitrogens with zero attached hydrogens (tertiary/aromatic N) is 2. The normalized spacial score (nSPS) is 13.9. The predicted octanol–water partition coefficient (Wildman–Crippen LogP) is 0.754. The highest BCUT2D eigenvalue weighted by Gasteiger charge is 2.32. The van der Waals surface area contributed by atoms with E-state index in [1.807, 2.05) is 0 Å². The fourth-order valence-electron chi connectivity index (χ4n) is 1.42. The minimum Gasteiger partial charge on any atom is -0.368 e. The summed E-state index contributed by atoms with van der Waals surface area (Å²) in [6.07, 6.45) is -2.88. The van der Waals surface area contributed by atoms with Gasteiger partial charge < -0.3 is 11.1 Å². The van der Waals surface area contributed by atoms with Crippen molar-refractivity contribution in [3.8, 4) is 0 Å². The molecule has 0 saturated carbocycles. The van der Waals surface area contributed by atoms with Crippen LogP contribution in [-0.2, 0) is 17.5 Å². The van der Waals surface area contributed by atoms with Crippen molar-refractivity contribution in [2.75, 3.05) is 0 Å². The Morgan fingerprint density at radius 3 is 2.56 bits per heavy atom. The quantitative estimate of drug-likeness (QED) is 0.824. The molecule has 0 aliphatic carbocycles. The Balaban J connectivity index is 2.76. The van der Waals surface area contributed by atoms with Gasteiger partial charge in [-0.05, 0) is 0 Å². The van der Waals surface area contributed by atoms with Gasteiger partial charge in [-0.25, -0.2) is 0 Å². The highest BCUT2D eigenvalue weighted by atomic mass is 19.4. The number of nitrogens with two attached hydrogens (primary N) is 1. The lowest BCUT2D eigenvalue weighted by molar-refractivity contribution is -0.137. The topological polar surface area (TPSA) is 72.9 Å². The SMILES string of the molecule is CC(C)NC(Cn1cc(C(F)(F)F)cn1)C(N)=O. The molecule has 0 aliphatic heterocycles. The van der Waals surface area contributed by atoms with Crippen LogP contribution in [0.1, 0.15) is 19.4 Å². The van der Waals surface area contributed by atoms with E-state index in [1.165, 1.54) is 0 Å². The fourth-order valence-corrected chi connectivity index (χ4v) is 1.42. The van der Waals surface area contributed by atoms with Crippen LogP contribution in [0.3, 0.4) is 0 Å². The maximum absolute atomic E-state index is 12.3. The lowest BCUT2D eigenvalue weighted by Crippen LogP contribution is -2.47. The molecular weight excluding hydrogens is 249 g/mol. The summed E-state index contributed by atoms with van der Waals surface area (Å²) < 4.78 is 38.1. The zero-order chi connectivity index (χ0) is 13.9. The number of carbonyl (C=O) groups excluding carboxylic acids is 1. The van der Waals surface area contributed by atoms with Crippen LogP contribution in [0.2, 0.25) is 0 Å². The first-order valence-electron chi connectivity index (χ1n) is 5.35. The van der Waals surface area contributed by atoms with Crippen LogP contribution in [0.15, 0.2) is 12.4 Å². The molecule has 0 fully saturated rings. The zero-order valence-electron chi connectivity index (χ0n) is 10.0. The number of nitrogens with one attached hydrogen (secondary N) is 1. The molecule has 102 valence electrons. The number of aromatic nitrogens is 2. The van der Waals surface area contributed by atoms with Crippen LogP contribution >= 0.6 is 0 Å². The molecule has 8 heteroatoms. The zero-order valence-corrected chi connectivity index (χ0v) is 10.0. The predicted molar refractivity (Wildman–Crippen MR) is 58.5 cm³/mol. The lowest BCUT2D eigenvalue weighted by atomic mass is 10.2. The van der Waals surface area contributed by atoms with E-state index in [4.69, 9.17) is 5.73 Å². The Hall–Kier alpha value is -1.57. The second kappa shape index (κ2) is 5.38. The van der Waals surface area contributed by atoms with Crippen molar-refractivity contribution in [2.24, 2.45) is 5.73 Å². The van der Waals surface area contributed by atoms with E-state index in [1.54, 1.807) is 13.8 Å². The molecule has 0 spiro atoms. The van der Waals surface area contributed by atoms with Crippen molar-refractivity contribution in [3.63, 3.8) is 0 Å². The van der Waals surface area contributed by atoms with Gasteiger partial charge >= 0.3 is 6.18 Å². The van der Waals surface area contributed by atoms with Gasteiger partial charge in [-0.2, -0.15) is 18.3 Å². The van der Waals surface area contributed by atoms with Crippen LogP contribution in [0, 0.1) is 0 Å². The first-order valence-corrected chi connectivity index (χ1v) is 5.35. The van der Waals surface area contributed by atoms with E-state index in [0.717, 1.165) is 10.9 Å². The molecule has 1 unspecified atom stereocenters. The number of hydrogen-bond donors (Lipinski definition) is 2. The Morgan fingerprint density at radius 1 is 1.56 bits per heavy atom. The third kappa shape index (κ3) is 4.02. The maximum atomic E-state index is 12.3. The first kappa shape index (κ1) is 14.5. The highest BCUT2D eigenvalue weighted by molar-refractivity contribution is 5.79. The van der Waals surface area contributed by atoms with Crippen LogP contribution in [0.5, 0.6) is 0 Å². The minimum atomic E-state index is -4.44. The third-order valence-electron chi connectivity index (χ3n) is 2.21. The summed E-state index contributed by atoms with van der Waals surface area (Å²) in [6, 6.07) is -0.772. The Morgan fingerprint density at radius 2 is 2.17 bits per heavy atom. The summed E-state index contributed by atoms with van der Waals surface area (Å²) in [5, 5.41) is 6.42. The van der Waals surface area contributed by atoms with E-state index in [2.05, 4.69) is 10.4 Å². The van der Waals surface area contributed by atoms with E-state index >= 15 is 0 Å². The molecule has 0 aliphatic rings. The number of primary amides is 1. The van der Waals surface area contributed by atoms with Gasteiger partial charge in [-0.15, -0.1) is 0 Å². The number of alkyl halides is 3. The molecule has 1 heterocycles. The Kier molecular flexibility index (Phi) is 4.33.